The Balaban J connectivity index is 1.26. The average Bonchev–Trinajstić information content (AvgIpc) is 3.31. The van der Waals surface area contributed by atoms with Crippen LogP contribution in [0.5, 0.6) is 0 Å². The van der Waals surface area contributed by atoms with E-state index in [1.54, 1.807) is 6.20 Å². The first-order valence-electron chi connectivity index (χ1n) is 9.58. The first-order valence-corrected chi connectivity index (χ1v) is 10.4. The number of piperazine rings is 1. The van der Waals surface area contributed by atoms with Crippen LogP contribution in [0.1, 0.15) is 11.1 Å². The monoisotopic (exact) mass is 429 g/mol. The number of benzene rings is 1. The number of thiocarbonyl (C=S) groups is 1. The van der Waals surface area contributed by atoms with Gasteiger partial charge in [-0.15, -0.1) is 0 Å². The van der Waals surface area contributed by atoms with Gasteiger partial charge in [-0.1, -0.05) is 23.7 Å². The standard InChI is InChI=1S/C20H24ClN7S/c1-25-12-17(10-22-25)13-26-5-7-27(8-6-26)20(29)24-19-11-23-28(15-19)14-16-3-2-4-18(21)9-16/h2-4,9-12,15H,5-8,13-14H2,1H3,(H,24,29). The van der Waals surface area contributed by atoms with Gasteiger partial charge in [0, 0.05) is 62.8 Å². The van der Waals surface area contributed by atoms with Crippen molar-refractivity contribution >= 4 is 34.6 Å². The minimum absolute atomic E-state index is 0.669. The normalized spacial score (nSPS) is 14.9. The Morgan fingerprint density at radius 3 is 2.62 bits per heavy atom. The summed E-state index contributed by atoms with van der Waals surface area (Å²) < 4.78 is 3.72. The van der Waals surface area contributed by atoms with Crippen molar-refractivity contribution in [3.05, 3.63) is 65.2 Å². The number of aromatic nitrogens is 4. The highest BCUT2D eigenvalue weighted by Gasteiger charge is 2.19. The predicted octanol–water partition coefficient (Wildman–Crippen LogP) is 2.83. The molecule has 1 saturated heterocycles. The first-order chi connectivity index (χ1) is 14.0. The lowest BCUT2D eigenvalue weighted by Crippen LogP contribution is -2.49. The second kappa shape index (κ2) is 8.94. The van der Waals surface area contributed by atoms with Crippen molar-refractivity contribution in [3.63, 3.8) is 0 Å². The van der Waals surface area contributed by atoms with Crippen molar-refractivity contribution in [1.82, 2.24) is 29.4 Å². The van der Waals surface area contributed by atoms with Crippen LogP contribution in [0.4, 0.5) is 5.69 Å². The molecular formula is C20H24ClN7S. The second-order valence-electron chi connectivity index (χ2n) is 7.27. The van der Waals surface area contributed by atoms with Crippen LogP contribution in [0.3, 0.4) is 0 Å². The van der Waals surface area contributed by atoms with E-state index in [0.717, 1.165) is 54.1 Å². The highest BCUT2D eigenvalue weighted by atomic mass is 35.5. The van der Waals surface area contributed by atoms with Crippen molar-refractivity contribution in [3.8, 4) is 0 Å². The Bertz CT molecular complexity index is 975. The molecule has 152 valence electrons. The maximum absolute atomic E-state index is 6.06. The number of hydrogen-bond donors (Lipinski definition) is 1. The van der Waals surface area contributed by atoms with E-state index in [9.17, 15) is 0 Å². The Morgan fingerprint density at radius 1 is 1.07 bits per heavy atom. The number of aryl methyl sites for hydroxylation is 1. The number of nitrogens with zero attached hydrogens (tertiary/aromatic N) is 6. The molecule has 1 N–H and O–H groups in total. The highest BCUT2D eigenvalue weighted by Crippen LogP contribution is 2.14. The highest BCUT2D eigenvalue weighted by molar-refractivity contribution is 7.80. The largest absolute Gasteiger partial charge is 0.346 e. The molecule has 1 aromatic carbocycles. The van der Waals surface area contributed by atoms with Gasteiger partial charge in [0.15, 0.2) is 5.11 Å². The zero-order valence-electron chi connectivity index (χ0n) is 16.3. The molecule has 1 aliphatic rings. The molecule has 0 saturated carbocycles. The molecule has 0 atom stereocenters. The average molecular weight is 430 g/mol. The van der Waals surface area contributed by atoms with Gasteiger partial charge in [-0.05, 0) is 29.9 Å². The van der Waals surface area contributed by atoms with E-state index in [1.165, 1.54) is 5.56 Å². The van der Waals surface area contributed by atoms with Crippen molar-refractivity contribution in [1.29, 1.82) is 0 Å². The molecule has 3 heterocycles. The summed E-state index contributed by atoms with van der Waals surface area (Å²) in [6.07, 6.45) is 7.76. The summed E-state index contributed by atoms with van der Waals surface area (Å²) in [5.74, 6) is 0. The zero-order chi connectivity index (χ0) is 20.2. The van der Waals surface area contributed by atoms with Gasteiger partial charge in [-0.25, -0.2) is 0 Å². The number of halogens is 1. The van der Waals surface area contributed by atoms with Crippen LogP contribution in [0.25, 0.3) is 0 Å². The van der Waals surface area contributed by atoms with Crippen molar-refractivity contribution in [2.75, 3.05) is 31.5 Å². The summed E-state index contributed by atoms with van der Waals surface area (Å²) in [7, 11) is 1.95. The van der Waals surface area contributed by atoms with Gasteiger partial charge in [-0.3, -0.25) is 14.3 Å². The third kappa shape index (κ3) is 5.35. The van der Waals surface area contributed by atoms with Gasteiger partial charge < -0.3 is 10.2 Å². The van der Waals surface area contributed by atoms with E-state index in [4.69, 9.17) is 23.8 Å². The Kier molecular flexibility index (Phi) is 6.13. The lowest BCUT2D eigenvalue weighted by molar-refractivity contribution is 0.177. The fraction of sp³-hybridized carbons (Fsp3) is 0.350. The quantitative estimate of drug-likeness (QED) is 0.629. The molecule has 2 aromatic heterocycles. The summed E-state index contributed by atoms with van der Waals surface area (Å²) in [6, 6.07) is 7.81. The lowest BCUT2D eigenvalue weighted by atomic mass is 10.2. The molecule has 1 aliphatic heterocycles. The Morgan fingerprint density at radius 2 is 1.90 bits per heavy atom. The topological polar surface area (TPSA) is 54.1 Å². The summed E-state index contributed by atoms with van der Waals surface area (Å²) in [5.41, 5.74) is 3.25. The van der Waals surface area contributed by atoms with Crippen molar-refractivity contribution < 1.29 is 0 Å². The molecule has 29 heavy (non-hydrogen) atoms. The van der Waals surface area contributed by atoms with Crippen LogP contribution in [-0.4, -0.2) is 60.7 Å². The van der Waals surface area contributed by atoms with E-state index in [-0.39, 0.29) is 0 Å². The van der Waals surface area contributed by atoms with E-state index in [2.05, 4.69) is 31.5 Å². The van der Waals surface area contributed by atoms with Crippen LogP contribution < -0.4 is 5.32 Å². The van der Waals surface area contributed by atoms with Crippen molar-refractivity contribution in [2.24, 2.45) is 7.05 Å². The summed E-state index contributed by atoms with van der Waals surface area (Å²) in [5, 5.41) is 13.4. The summed E-state index contributed by atoms with van der Waals surface area (Å²) >= 11 is 11.7. The minimum Gasteiger partial charge on any atom is -0.346 e. The number of nitrogens with one attached hydrogen (secondary N) is 1. The van der Waals surface area contributed by atoms with Crippen LogP contribution in [-0.2, 0) is 20.1 Å². The van der Waals surface area contributed by atoms with Crippen LogP contribution >= 0.6 is 23.8 Å². The third-order valence-corrected chi connectivity index (χ3v) is 5.54. The summed E-state index contributed by atoms with van der Waals surface area (Å²) in [4.78, 5) is 4.64. The molecule has 4 rings (SSSR count). The molecule has 7 nitrogen and oxygen atoms in total. The molecule has 0 radical (unpaired) electrons. The number of anilines is 1. The maximum atomic E-state index is 6.06. The summed E-state index contributed by atoms with van der Waals surface area (Å²) in [6.45, 7) is 5.36. The lowest BCUT2D eigenvalue weighted by Gasteiger charge is -2.35. The van der Waals surface area contributed by atoms with Gasteiger partial charge in [0.2, 0.25) is 0 Å². The maximum Gasteiger partial charge on any atom is 0.173 e. The van der Waals surface area contributed by atoms with E-state index in [0.29, 0.717) is 6.54 Å². The Labute approximate surface area is 180 Å². The van der Waals surface area contributed by atoms with Gasteiger partial charge >= 0.3 is 0 Å². The van der Waals surface area contributed by atoms with Crippen LogP contribution in [0.15, 0.2) is 49.1 Å². The molecule has 1 fully saturated rings. The molecule has 0 aliphatic carbocycles. The van der Waals surface area contributed by atoms with Crippen LogP contribution in [0.2, 0.25) is 5.02 Å². The second-order valence-corrected chi connectivity index (χ2v) is 8.10. The fourth-order valence-electron chi connectivity index (χ4n) is 3.46. The third-order valence-electron chi connectivity index (χ3n) is 4.94. The molecule has 0 spiro atoms. The molecular weight excluding hydrogens is 406 g/mol. The zero-order valence-corrected chi connectivity index (χ0v) is 17.9. The molecule has 0 amide bonds. The fourth-order valence-corrected chi connectivity index (χ4v) is 3.97. The Hall–Kier alpha value is -2.42. The van der Waals surface area contributed by atoms with E-state index < -0.39 is 0 Å². The molecule has 0 unspecified atom stereocenters. The van der Waals surface area contributed by atoms with Crippen molar-refractivity contribution in [2.45, 2.75) is 13.1 Å². The van der Waals surface area contributed by atoms with Gasteiger partial charge in [0.1, 0.15) is 0 Å². The minimum atomic E-state index is 0.669. The first kappa shape index (κ1) is 19.9. The van der Waals surface area contributed by atoms with Gasteiger partial charge in [-0.2, -0.15) is 10.2 Å². The molecule has 9 heteroatoms. The SMILES string of the molecule is Cn1cc(CN2CCN(C(=S)Nc3cnn(Cc4cccc(Cl)c4)c3)CC2)cn1. The predicted molar refractivity (Wildman–Crippen MR) is 119 cm³/mol. The van der Waals surface area contributed by atoms with E-state index >= 15 is 0 Å². The van der Waals surface area contributed by atoms with Gasteiger partial charge in [0.25, 0.3) is 0 Å². The van der Waals surface area contributed by atoms with Crippen LogP contribution in [0, 0.1) is 0 Å². The smallest absolute Gasteiger partial charge is 0.173 e. The number of hydrogen-bond acceptors (Lipinski definition) is 4. The molecule has 3 aromatic rings. The van der Waals surface area contributed by atoms with E-state index in [1.807, 2.05) is 53.1 Å². The molecule has 0 bridgehead atoms. The van der Waals surface area contributed by atoms with Gasteiger partial charge in [0.05, 0.1) is 24.6 Å². The number of rotatable bonds is 5.